The molecule has 4 aromatic carbocycles. The summed E-state index contributed by atoms with van der Waals surface area (Å²) < 4.78 is 10.5. The molecule has 0 unspecified atom stereocenters. The third-order valence-corrected chi connectivity index (χ3v) is 7.07. The number of nitrogens with two attached hydrogens (primary N) is 1. The second-order valence-electron chi connectivity index (χ2n) is 10.9. The number of nitrogens with one attached hydrogen (secondary N) is 2. The molecule has 4 aromatic rings. The van der Waals surface area contributed by atoms with Gasteiger partial charge in [0.25, 0.3) is 11.8 Å². The summed E-state index contributed by atoms with van der Waals surface area (Å²) in [5.74, 6) is -2.95. The van der Waals surface area contributed by atoms with Gasteiger partial charge in [0.1, 0.15) is 12.6 Å². The molecule has 1 atom stereocenters. The lowest BCUT2D eigenvalue weighted by Crippen LogP contribution is -2.42. The number of amides is 3. The van der Waals surface area contributed by atoms with E-state index < -0.39 is 35.7 Å². The molecule has 4 N–H and O–H groups in total. The Morgan fingerprint density at radius 1 is 0.739 bits per heavy atom. The predicted octanol–water partition coefficient (Wildman–Crippen LogP) is 5.38. The van der Waals surface area contributed by atoms with Crippen LogP contribution < -0.4 is 16.4 Å². The molecule has 0 spiro atoms. The Bertz CT molecular complexity index is 1750. The van der Waals surface area contributed by atoms with Gasteiger partial charge in [-0.3, -0.25) is 14.4 Å². The lowest BCUT2D eigenvalue weighted by Gasteiger charge is -2.20. The van der Waals surface area contributed by atoms with E-state index in [2.05, 4.69) is 10.6 Å². The van der Waals surface area contributed by atoms with E-state index in [1.54, 1.807) is 42.5 Å². The van der Waals surface area contributed by atoms with Crippen LogP contribution in [-0.2, 0) is 20.9 Å². The molecule has 46 heavy (non-hydrogen) atoms. The van der Waals surface area contributed by atoms with Crippen molar-refractivity contribution in [3.05, 3.63) is 125 Å². The zero-order valence-electron chi connectivity index (χ0n) is 25.7. The SMILES string of the molecule is COC(=O)c1cc(C(=O)N[C@@H](CC(C)C)C(=O)OCc2ccccc2)ccc1-c1ccccc1C(=O)Nc1cccc(C(N)=O)c1. The summed E-state index contributed by atoms with van der Waals surface area (Å²) in [6, 6.07) is 25.5. The van der Waals surface area contributed by atoms with Crippen LogP contribution in [0.5, 0.6) is 0 Å². The highest BCUT2D eigenvalue weighted by Gasteiger charge is 2.26. The topological polar surface area (TPSA) is 154 Å². The Hall–Kier alpha value is -5.77. The Kier molecular flexibility index (Phi) is 11.0. The molecule has 3 amide bonds. The summed E-state index contributed by atoms with van der Waals surface area (Å²) in [5.41, 5.74) is 7.90. The quantitative estimate of drug-likeness (QED) is 0.180. The molecule has 10 nitrogen and oxygen atoms in total. The van der Waals surface area contributed by atoms with Crippen LogP contribution in [0.2, 0.25) is 0 Å². The minimum Gasteiger partial charge on any atom is -0.465 e. The predicted molar refractivity (Wildman–Crippen MR) is 173 cm³/mol. The van der Waals surface area contributed by atoms with Crippen LogP contribution in [0, 0.1) is 5.92 Å². The number of carbonyl (C=O) groups is 5. The number of hydrogen-bond donors (Lipinski definition) is 3. The van der Waals surface area contributed by atoms with Gasteiger partial charge in [0.15, 0.2) is 0 Å². The molecule has 0 aliphatic heterocycles. The van der Waals surface area contributed by atoms with Crippen molar-refractivity contribution in [2.75, 3.05) is 12.4 Å². The van der Waals surface area contributed by atoms with Crippen molar-refractivity contribution in [3.63, 3.8) is 0 Å². The number of carbonyl (C=O) groups excluding carboxylic acids is 5. The minimum atomic E-state index is -0.921. The van der Waals surface area contributed by atoms with E-state index in [9.17, 15) is 24.0 Å². The van der Waals surface area contributed by atoms with E-state index in [-0.39, 0.29) is 34.8 Å². The van der Waals surface area contributed by atoms with Gasteiger partial charge in [-0.15, -0.1) is 0 Å². The van der Waals surface area contributed by atoms with Crippen LogP contribution in [0.1, 0.15) is 67.3 Å². The van der Waals surface area contributed by atoms with Crippen LogP contribution in [0.25, 0.3) is 11.1 Å². The van der Waals surface area contributed by atoms with Crippen molar-refractivity contribution >= 4 is 35.3 Å². The van der Waals surface area contributed by atoms with E-state index in [4.69, 9.17) is 15.2 Å². The van der Waals surface area contributed by atoms with Crippen molar-refractivity contribution in [1.82, 2.24) is 5.32 Å². The Morgan fingerprint density at radius 2 is 1.43 bits per heavy atom. The molecular formula is C36H35N3O7. The first kappa shape index (κ1) is 33.1. The van der Waals surface area contributed by atoms with E-state index in [0.717, 1.165) is 5.56 Å². The van der Waals surface area contributed by atoms with Crippen molar-refractivity contribution in [1.29, 1.82) is 0 Å². The van der Waals surface area contributed by atoms with Gasteiger partial charge in [0, 0.05) is 22.4 Å². The largest absolute Gasteiger partial charge is 0.465 e. The van der Waals surface area contributed by atoms with Crippen molar-refractivity contribution in [2.24, 2.45) is 11.7 Å². The first-order valence-electron chi connectivity index (χ1n) is 14.6. The average molecular weight is 622 g/mol. The summed E-state index contributed by atoms with van der Waals surface area (Å²) in [6.45, 7) is 3.92. The summed E-state index contributed by atoms with van der Waals surface area (Å²) >= 11 is 0. The number of primary amides is 1. The molecule has 0 aliphatic rings. The highest BCUT2D eigenvalue weighted by atomic mass is 16.5. The van der Waals surface area contributed by atoms with E-state index >= 15 is 0 Å². The normalized spacial score (nSPS) is 11.3. The van der Waals surface area contributed by atoms with Gasteiger partial charge in [-0.05, 0) is 65.4 Å². The summed E-state index contributed by atoms with van der Waals surface area (Å²) in [7, 11) is 1.21. The summed E-state index contributed by atoms with van der Waals surface area (Å²) in [6.07, 6.45) is 0.339. The summed E-state index contributed by atoms with van der Waals surface area (Å²) in [4.78, 5) is 64.4. The van der Waals surface area contributed by atoms with Crippen LogP contribution in [-0.4, -0.2) is 42.8 Å². The lowest BCUT2D eigenvalue weighted by atomic mass is 9.93. The molecule has 4 rings (SSSR count). The Balaban J connectivity index is 1.61. The molecule has 0 saturated heterocycles. The van der Waals surface area contributed by atoms with Crippen molar-refractivity contribution < 1.29 is 33.4 Å². The molecule has 0 bridgehead atoms. The first-order valence-corrected chi connectivity index (χ1v) is 14.6. The number of methoxy groups -OCH3 is 1. The number of esters is 2. The molecular weight excluding hydrogens is 586 g/mol. The average Bonchev–Trinajstić information content (AvgIpc) is 3.06. The van der Waals surface area contributed by atoms with E-state index in [1.165, 1.54) is 31.4 Å². The van der Waals surface area contributed by atoms with E-state index in [0.29, 0.717) is 23.2 Å². The molecule has 0 heterocycles. The van der Waals surface area contributed by atoms with Gasteiger partial charge >= 0.3 is 11.9 Å². The smallest absolute Gasteiger partial charge is 0.338 e. The Morgan fingerprint density at radius 3 is 2.13 bits per heavy atom. The fourth-order valence-electron chi connectivity index (χ4n) is 4.82. The molecule has 10 heteroatoms. The van der Waals surface area contributed by atoms with Gasteiger partial charge in [-0.1, -0.05) is 74.5 Å². The fourth-order valence-corrected chi connectivity index (χ4v) is 4.82. The van der Waals surface area contributed by atoms with E-state index in [1.807, 2.05) is 44.2 Å². The minimum absolute atomic E-state index is 0.0400. The molecule has 0 aromatic heterocycles. The van der Waals surface area contributed by atoms with Gasteiger partial charge in [-0.2, -0.15) is 0 Å². The highest BCUT2D eigenvalue weighted by Crippen LogP contribution is 2.30. The van der Waals surface area contributed by atoms with Crippen molar-refractivity contribution in [3.8, 4) is 11.1 Å². The van der Waals surface area contributed by atoms with Crippen LogP contribution in [0.3, 0.4) is 0 Å². The molecule has 0 aliphatic carbocycles. The molecule has 0 saturated carbocycles. The van der Waals surface area contributed by atoms with Crippen LogP contribution >= 0.6 is 0 Å². The van der Waals surface area contributed by atoms with Crippen molar-refractivity contribution in [2.45, 2.75) is 32.9 Å². The maximum atomic E-state index is 13.4. The first-order chi connectivity index (χ1) is 22.1. The Labute approximate surface area is 266 Å². The van der Waals surface area contributed by atoms with Gasteiger partial charge in [0.2, 0.25) is 5.91 Å². The zero-order chi connectivity index (χ0) is 33.2. The van der Waals surface area contributed by atoms with Crippen LogP contribution in [0.15, 0.2) is 97.1 Å². The van der Waals surface area contributed by atoms with Gasteiger partial charge in [-0.25, -0.2) is 9.59 Å². The molecule has 236 valence electrons. The lowest BCUT2D eigenvalue weighted by molar-refractivity contribution is -0.147. The number of ether oxygens (including phenoxy) is 2. The third-order valence-electron chi connectivity index (χ3n) is 7.07. The molecule has 0 fully saturated rings. The van der Waals surface area contributed by atoms with Crippen LogP contribution in [0.4, 0.5) is 5.69 Å². The third kappa shape index (κ3) is 8.44. The fraction of sp³-hybridized carbons (Fsp3) is 0.194. The highest BCUT2D eigenvalue weighted by molar-refractivity contribution is 6.11. The maximum Gasteiger partial charge on any atom is 0.338 e. The van der Waals surface area contributed by atoms with Gasteiger partial charge < -0.3 is 25.8 Å². The number of hydrogen-bond acceptors (Lipinski definition) is 7. The number of anilines is 1. The number of rotatable bonds is 12. The second-order valence-corrected chi connectivity index (χ2v) is 10.9. The van der Waals surface area contributed by atoms with Gasteiger partial charge in [0.05, 0.1) is 12.7 Å². The molecule has 0 radical (unpaired) electrons. The zero-order valence-corrected chi connectivity index (χ0v) is 25.7. The number of benzene rings is 4. The monoisotopic (exact) mass is 621 g/mol. The maximum absolute atomic E-state index is 13.4. The summed E-state index contributed by atoms with van der Waals surface area (Å²) in [5, 5.41) is 5.50. The standard InChI is InChI=1S/C36H35N3O7/c1-22(2)18-31(36(44)46-21-23-10-5-4-6-11-23)39-33(41)25-16-17-28(30(20-25)35(43)45-3)27-14-7-8-15-29(27)34(42)38-26-13-9-12-24(19-26)32(37)40/h4-17,19-20,22,31H,18,21H2,1-3H3,(H2,37,40)(H,38,42)(H,39,41)/t31-/m0/s1. The second kappa shape index (κ2) is 15.3.